The fraction of sp³-hybridized carbons (Fsp3) is 0.690. The number of aromatic nitrogens is 2. The van der Waals surface area contributed by atoms with E-state index >= 15 is 0 Å². The van der Waals surface area contributed by atoms with Gasteiger partial charge in [0.2, 0.25) is 38.6 Å². The number of hydrogen-bond acceptors (Lipinski definition) is 20. The van der Waals surface area contributed by atoms with Crippen LogP contribution in [0.15, 0.2) is 41.8 Å². The quantitative estimate of drug-likeness (QED) is 0.0179. The Morgan fingerprint density at radius 2 is 1.20 bits per heavy atom. The third-order valence-corrected chi connectivity index (χ3v) is 13.8. The first-order valence-electron chi connectivity index (χ1n) is 29.2. The van der Waals surface area contributed by atoms with Gasteiger partial charge >= 0.3 is 12.0 Å². The number of likely N-dealkylation sites (tertiary alicyclic amines) is 1. The van der Waals surface area contributed by atoms with E-state index in [2.05, 4.69) is 55.4 Å². The van der Waals surface area contributed by atoms with Gasteiger partial charge in [-0.1, -0.05) is 24.0 Å². The first-order valence-corrected chi connectivity index (χ1v) is 31.1. The summed E-state index contributed by atoms with van der Waals surface area (Å²) in [5.74, 6) is 4.44. The maximum atomic E-state index is 13.2. The molecule has 0 bridgehead atoms. The molecular formula is C58H94N9O18S+. The van der Waals surface area contributed by atoms with Gasteiger partial charge < -0.3 is 84.2 Å². The maximum absolute atomic E-state index is 13.2. The van der Waals surface area contributed by atoms with Crippen molar-refractivity contribution in [2.24, 2.45) is 17.1 Å². The largest absolute Gasteiger partial charge is 0.460 e. The molecule has 1 aliphatic heterocycles. The Morgan fingerprint density at radius 1 is 0.674 bits per heavy atom. The van der Waals surface area contributed by atoms with Crippen LogP contribution in [0.5, 0.6) is 0 Å². The van der Waals surface area contributed by atoms with Crippen LogP contribution in [0.1, 0.15) is 76.8 Å². The number of esters is 1. The number of nitrogens with two attached hydrogens (primary N) is 1. The van der Waals surface area contributed by atoms with Crippen molar-refractivity contribution in [1.29, 1.82) is 0 Å². The van der Waals surface area contributed by atoms with Crippen molar-refractivity contribution < 1.29 is 89.0 Å². The first kappa shape index (κ1) is 74.3. The van der Waals surface area contributed by atoms with E-state index in [1.165, 1.54) is 12.4 Å². The van der Waals surface area contributed by atoms with Gasteiger partial charge in [0, 0.05) is 69.7 Å². The number of likely N-dealkylation sites (N-methyl/N-ethyl adjacent to an activating group) is 1. The Kier molecular flexibility index (Phi) is 37.7. The molecule has 0 aliphatic carbocycles. The van der Waals surface area contributed by atoms with Crippen molar-refractivity contribution in [2.75, 3.05) is 177 Å². The molecule has 0 spiro atoms. The molecule has 1 aliphatic rings. The van der Waals surface area contributed by atoms with E-state index in [1.807, 2.05) is 0 Å². The average Bonchev–Trinajstić information content (AvgIpc) is 3.28. The third kappa shape index (κ3) is 36.9. The minimum Gasteiger partial charge on any atom is -0.460 e. The normalized spacial score (nSPS) is 15.4. The molecule has 1 aromatic heterocycles. The highest BCUT2D eigenvalue weighted by molar-refractivity contribution is 7.90. The topological polar surface area (TPSA) is 341 Å². The van der Waals surface area contributed by atoms with Crippen molar-refractivity contribution in [3.05, 3.63) is 47.8 Å². The highest BCUT2D eigenvalue weighted by Gasteiger charge is 2.30. The van der Waals surface area contributed by atoms with Crippen LogP contribution >= 0.6 is 0 Å². The lowest BCUT2D eigenvalue weighted by Crippen LogP contribution is -2.52. The summed E-state index contributed by atoms with van der Waals surface area (Å²) in [4.78, 5) is 81.3. The zero-order valence-corrected chi connectivity index (χ0v) is 51.7. The molecule has 3 rings (SSSR count). The predicted molar refractivity (Wildman–Crippen MR) is 316 cm³/mol. The summed E-state index contributed by atoms with van der Waals surface area (Å²) in [5.41, 5.74) is 6.19. The van der Waals surface area contributed by atoms with Gasteiger partial charge in [-0.25, -0.2) is 23.2 Å². The summed E-state index contributed by atoms with van der Waals surface area (Å²) < 4.78 is 79.1. The number of anilines is 1. The number of unbranched alkanes of at least 4 members (excludes halogenated alkanes) is 1. The van der Waals surface area contributed by atoms with Crippen LogP contribution < -0.4 is 32.3 Å². The molecule has 6 amide bonds. The molecular weight excluding hydrogens is 1140 g/mol. The molecule has 0 unspecified atom stereocenters. The number of sulfone groups is 1. The maximum Gasteiger partial charge on any atom is 0.312 e. The Bertz CT molecular complexity index is 2450. The van der Waals surface area contributed by atoms with Gasteiger partial charge in [-0.15, -0.1) is 0 Å². The van der Waals surface area contributed by atoms with Gasteiger partial charge in [0.1, 0.15) is 32.4 Å². The van der Waals surface area contributed by atoms with E-state index in [-0.39, 0.29) is 49.8 Å². The fourth-order valence-electron chi connectivity index (χ4n) is 7.87. The SMILES string of the molecule is CC(C)(C)C(=O)OCc1ccc(NC(=O)[C@H](CCCNC(N)=O)NC(=O)COCC(=O)NCCOCCOCCOCCOCCOCCOCCOCCOCC[N+]2(C)CCC(CNC(=O)CCCC#Cc3cnc(S(C)(=O)=O)nc3)CC2)cc1. The molecule has 0 radical (unpaired) electrons. The van der Waals surface area contributed by atoms with Gasteiger partial charge in [0.15, 0.2) is 0 Å². The zero-order valence-electron chi connectivity index (χ0n) is 50.9. The van der Waals surface area contributed by atoms with Gasteiger partial charge in [-0.3, -0.25) is 24.0 Å². The first-order chi connectivity index (χ1) is 41.2. The standard InChI is InChI=1S/C58H93N9O18S/c1-58(2,3)55(72)85-43-47-13-15-49(16-14-47)65-54(71)50(11-9-19-61-56(59)73)66-53(70)45-84-44-52(69)60-20-24-76-26-28-78-30-32-80-34-36-82-38-39-83-37-35-81-33-31-79-29-27-77-25-23-67(4)21-17-46(18-22-67)40-62-51(68)12-8-6-7-10-48-41-63-57(64-42-48)86(5,74)75/h13-16,41-42,46,50H,6,8-9,11-12,17-40,43-45H2,1-5H3,(H6-,59,60,61,62,65,66,68,69,70,71,73)/p+1/t46?,50-,67?/m0/s1. The van der Waals surface area contributed by atoms with E-state index in [0.29, 0.717) is 149 Å². The summed E-state index contributed by atoms with van der Waals surface area (Å²) >= 11 is 0. The highest BCUT2D eigenvalue weighted by Crippen LogP contribution is 2.22. The number of amides is 6. The zero-order chi connectivity index (χ0) is 62.7. The van der Waals surface area contributed by atoms with Crippen molar-refractivity contribution in [3.8, 4) is 11.8 Å². The molecule has 7 N–H and O–H groups in total. The van der Waals surface area contributed by atoms with Crippen LogP contribution in [-0.4, -0.2) is 236 Å². The van der Waals surface area contributed by atoms with Crippen LogP contribution in [0, 0.1) is 23.2 Å². The molecule has 2 heterocycles. The number of hydrogen-bond donors (Lipinski definition) is 6. The number of quaternary nitrogens is 1. The second kappa shape index (κ2) is 43.6. The number of carbonyl (C=O) groups excluding carboxylic acids is 6. The van der Waals surface area contributed by atoms with E-state index in [0.717, 1.165) is 48.8 Å². The van der Waals surface area contributed by atoms with Crippen LogP contribution in [-0.2, 0) is 87.8 Å². The second-order valence-corrected chi connectivity index (χ2v) is 23.4. The number of carbonyl (C=O) groups is 6. The highest BCUT2D eigenvalue weighted by atomic mass is 32.2. The van der Waals surface area contributed by atoms with Crippen LogP contribution in [0.2, 0.25) is 0 Å². The summed E-state index contributed by atoms with van der Waals surface area (Å²) in [6.45, 7) is 15.4. The molecule has 2 aromatic rings. The number of piperidine rings is 1. The molecule has 27 nitrogen and oxygen atoms in total. The number of nitrogens with zero attached hydrogens (tertiary/aromatic N) is 3. The van der Waals surface area contributed by atoms with Crippen LogP contribution in [0.3, 0.4) is 0 Å². The van der Waals surface area contributed by atoms with Crippen LogP contribution in [0.25, 0.3) is 0 Å². The van der Waals surface area contributed by atoms with Crippen molar-refractivity contribution >= 4 is 51.2 Å². The minimum atomic E-state index is -3.45. The predicted octanol–water partition coefficient (Wildman–Crippen LogP) is 1.30. The summed E-state index contributed by atoms with van der Waals surface area (Å²) in [6, 6.07) is 4.99. The second-order valence-electron chi connectivity index (χ2n) is 21.5. The van der Waals surface area contributed by atoms with Crippen molar-refractivity contribution in [1.82, 2.24) is 31.2 Å². The van der Waals surface area contributed by atoms with E-state index < -0.39 is 58.3 Å². The fourth-order valence-corrected chi connectivity index (χ4v) is 8.36. The smallest absolute Gasteiger partial charge is 0.312 e. The number of nitrogens with one attached hydrogen (secondary N) is 5. The molecule has 0 saturated carbocycles. The van der Waals surface area contributed by atoms with Gasteiger partial charge in [-0.05, 0) is 63.6 Å². The Morgan fingerprint density at radius 3 is 1.72 bits per heavy atom. The molecule has 484 valence electrons. The molecule has 28 heteroatoms. The summed E-state index contributed by atoms with van der Waals surface area (Å²) in [7, 11) is -1.20. The van der Waals surface area contributed by atoms with Gasteiger partial charge in [0.25, 0.3) is 0 Å². The van der Waals surface area contributed by atoms with E-state index in [1.54, 1.807) is 45.0 Å². The Labute approximate surface area is 506 Å². The van der Waals surface area contributed by atoms with Gasteiger partial charge in [-0.2, -0.15) is 0 Å². The van der Waals surface area contributed by atoms with Crippen LogP contribution in [0.4, 0.5) is 10.5 Å². The Balaban J connectivity index is 1.03. The summed E-state index contributed by atoms with van der Waals surface area (Å²) in [5, 5.41) is 13.3. The van der Waals surface area contributed by atoms with E-state index in [9.17, 15) is 37.2 Å². The average molecular weight is 1240 g/mol. The molecule has 1 fully saturated rings. The van der Waals surface area contributed by atoms with Crippen molar-refractivity contribution in [3.63, 3.8) is 0 Å². The molecule has 86 heavy (non-hydrogen) atoms. The van der Waals surface area contributed by atoms with Crippen molar-refractivity contribution in [2.45, 2.75) is 83.5 Å². The lowest BCUT2D eigenvalue weighted by atomic mass is 9.95. The number of ether oxygens (including phenoxy) is 10. The minimum absolute atomic E-state index is 0.0257. The molecule has 1 aromatic carbocycles. The van der Waals surface area contributed by atoms with Gasteiger partial charge in [0.05, 0.1) is 137 Å². The molecule has 1 saturated heterocycles. The monoisotopic (exact) mass is 1240 g/mol. The lowest BCUT2D eigenvalue weighted by Gasteiger charge is -2.40. The number of benzene rings is 1. The van der Waals surface area contributed by atoms with E-state index in [4.69, 9.17) is 53.1 Å². The number of urea groups is 1. The summed E-state index contributed by atoms with van der Waals surface area (Å²) in [6.07, 6.45) is 7.98. The number of rotatable bonds is 46. The lowest BCUT2D eigenvalue weighted by molar-refractivity contribution is -0.915. The number of primary amides is 1. The molecule has 1 atom stereocenters. The Hall–Kier alpha value is -5.97. The third-order valence-electron chi connectivity index (χ3n) is 12.9.